The maximum atomic E-state index is 12.4. The second-order valence-corrected chi connectivity index (χ2v) is 9.80. The third-order valence-electron chi connectivity index (χ3n) is 6.34. The first-order chi connectivity index (χ1) is 16.1. The smallest absolute Gasteiger partial charge is 0.330 e. The number of hydrogen-bond donors (Lipinski definition) is 0. The molecule has 0 fully saturated rings. The highest BCUT2D eigenvalue weighted by Gasteiger charge is 2.45. The van der Waals surface area contributed by atoms with E-state index in [9.17, 15) is 9.59 Å². The van der Waals surface area contributed by atoms with Gasteiger partial charge in [-0.1, -0.05) is 34.9 Å². The molecular weight excluding hydrogens is 428 g/mol. The summed E-state index contributed by atoms with van der Waals surface area (Å²) in [6.45, 7) is 12.4. The highest BCUT2D eigenvalue weighted by Crippen LogP contribution is 2.43. The van der Waals surface area contributed by atoms with E-state index in [-0.39, 0.29) is 23.9 Å². The Morgan fingerprint density at radius 2 is 1.94 bits per heavy atom. The Bertz CT molecular complexity index is 986. The Morgan fingerprint density at radius 1 is 1.18 bits per heavy atom. The molecule has 1 aliphatic carbocycles. The van der Waals surface area contributed by atoms with E-state index in [0.29, 0.717) is 18.6 Å². The molecule has 0 saturated heterocycles. The Morgan fingerprint density at radius 3 is 2.65 bits per heavy atom. The van der Waals surface area contributed by atoms with Crippen molar-refractivity contribution in [3.05, 3.63) is 70.4 Å². The number of hydrogen-bond acceptors (Lipinski definition) is 5. The molecular formula is C29H38O5. The number of ketones is 1. The molecule has 0 aromatic carbocycles. The van der Waals surface area contributed by atoms with Crippen molar-refractivity contribution in [3.8, 4) is 0 Å². The van der Waals surface area contributed by atoms with Crippen LogP contribution in [0.2, 0.25) is 0 Å². The summed E-state index contributed by atoms with van der Waals surface area (Å²) in [4.78, 5) is 24.4. The highest BCUT2D eigenvalue weighted by molar-refractivity contribution is 5.96. The van der Waals surface area contributed by atoms with Gasteiger partial charge in [0, 0.05) is 18.4 Å². The summed E-state index contributed by atoms with van der Waals surface area (Å²) in [5.74, 6) is -1.51. The van der Waals surface area contributed by atoms with E-state index in [4.69, 9.17) is 14.2 Å². The lowest BCUT2D eigenvalue weighted by atomic mass is 9.78. The number of ether oxygens (including phenoxy) is 3. The van der Waals surface area contributed by atoms with E-state index in [1.54, 1.807) is 13.0 Å². The first-order valence-electron chi connectivity index (χ1n) is 12.2. The minimum Gasteiger partial charge on any atom is -0.463 e. The monoisotopic (exact) mass is 466 g/mol. The number of carbonyl (C=O) groups is 2. The van der Waals surface area contributed by atoms with Gasteiger partial charge in [0.15, 0.2) is 5.78 Å². The van der Waals surface area contributed by atoms with Gasteiger partial charge in [-0.2, -0.15) is 0 Å². The molecule has 0 radical (unpaired) electrons. The van der Waals surface area contributed by atoms with Crippen molar-refractivity contribution in [1.82, 2.24) is 0 Å². The van der Waals surface area contributed by atoms with Gasteiger partial charge in [-0.3, -0.25) is 4.79 Å². The van der Waals surface area contributed by atoms with Gasteiger partial charge >= 0.3 is 5.97 Å². The largest absolute Gasteiger partial charge is 0.463 e. The third kappa shape index (κ3) is 6.77. The summed E-state index contributed by atoms with van der Waals surface area (Å²) in [6.07, 6.45) is 16.2. The zero-order chi connectivity index (χ0) is 24.9. The Labute approximate surface area is 203 Å². The van der Waals surface area contributed by atoms with E-state index >= 15 is 0 Å². The van der Waals surface area contributed by atoms with Crippen molar-refractivity contribution < 1.29 is 23.8 Å². The van der Waals surface area contributed by atoms with Crippen LogP contribution in [0.4, 0.5) is 0 Å². The van der Waals surface area contributed by atoms with E-state index in [1.807, 2.05) is 25.2 Å². The van der Waals surface area contributed by atoms with Crippen LogP contribution in [0.25, 0.3) is 0 Å². The summed E-state index contributed by atoms with van der Waals surface area (Å²) in [7, 11) is 0. The molecule has 3 rings (SSSR count). The quantitative estimate of drug-likeness (QED) is 0.258. The standard InChI is InChI=1S/C29H38O5/c1-7-32-28(31)12-11-23-18-29(34-27-15-22(6)26(30)16-25(23)27)17-21(5)14-24(33-29)13-20(4)10-8-9-19(2)3/h9,11-13,15,17-18,24-25,27H,7-8,10,14,16H2,1-6H3/t24-,25-,27-,29+/m1/s1. The van der Waals surface area contributed by atoms with Gasteiger partial charge in [0.1, 0.15) is 0 Å². The van der Waals surface area contributed by atoms with Crippen LogP contribution in [0.15, 0.2) is 70.4 Å². The molecule has 0 bridgehead atoms. The molecule has 0 aromatic rings. The molecule has 0 unspecified atom stereocenters. The number of carbonyl (C=O) groups excluding carboxylic acids is 2. The minimum atomic E-state index is -1.05. The fraction of sp³-hybridized carbons (Fsp3) is 0.517. The maximum Gasteiger partial charge on any atom is 0.330 e. The predicted molar refractivity (Wildman–Crippen MR) is 134 cm³/mol. The molecule has 34 heavy (non-hydrogen) atoms. The molecule has 0 saturated carbocycles. The van der Waals surface area contributed by atoms with Crippen molar-refractivity contribution >= 4 is 11.8 Å². The van der Waals surface area contributed by atoms with Gasteiger partial charge in [-0.25, -0.2) is 4.79 Å². The van der Waals surface area contributed by atoms with Crippen LogP contribution in [0.5, 0.6) is 0 Å². The SMILES string of the molecule is CCOC(=O)C=CC1=C[C@]2(C=C(C)C[C@@H](C=C(C)CCC=C(C)C)O2)O[C@@H]2C=C(C)C(=O)C[C@H]12. The lowest BCUT2D eigenvalue weighted by molar-refractivity contribution is -0.223. The van der Waals surface area contributed by atoms with Crippen molar-refractivity contribution in [3.63, 3.8) is 0 Å². The Hall–Kier alpha value is -2.50. The number of fused-ring (bicyclic) bond motifs is 1. The van der Waals surface area contributed by atoms with Gasteiger partial charge < -0.3 is 14.2 Å². The molecule has 4 atom stereocenters. The van der Waals surface area contributed by atoms with Crippen LogP contribution in [-0.2, 0) is 23.8 Å². The lowest BCUT2D eigenvalue weighted by Crippen LogP contribution is -2.48. The van der Waals surface area contributed by atoms with Crippen molar-refractivity contribution in [2.45, 2.75) is 85.2 Å². The molecule has 2 aliphatic heterocycles. The van der Waals surface area contributed by atoms with Gasteiger partial charge in [0.25, 0.3) is 0 Å². The van der Waals surface area contributed by atoms with Crippen LogP contribution in [0.1, 0.15) is 67.2 Å². The van der Waals surface area contributed by atoms with Crippen LogP contribution in [-0.4, -0.2) is 36.4 Å². The zero-order valence-corrected chi connectivity index (χ0v) is 21.4. The van der Waals surface area contributed by atoms with Crippen molar-refractivity contribution in [2.75, 3.05) is 6.61 Å². The molecule has 184 valence electrons. The maximum absolute atomic E-state index is 12.4. The summed E-state index contributed by atoms with van der Waals surface area (Å²) >= 11 is 0. The Kier molecular flexibility index (Phi) is 8.67. The van der Waals surface area contributed by atoms with E-state index in [0.717, 1.165) is 24.8 Å². The second-order valence-electron chi connectivity index (χ2n) is 9.80. The van der Waals surface area contributed by atoms with Gasteiger partial charge in [0.05, 0.1) is 18.8 Å². The average molecular weight is 467 g/mol. The lowest BCUT2D eigenvalue weighted by Gasteiger charge is -2.45. The minimum absolute atomic E-state index is 0.0975. The fourth-order valence-electron chi connectivity index (χ4n) is 4.72. The first-order valence-corrected chi connectivity index (χ1v) is 12.2. The van der Waals surface area contributed by atoms with Crippen molar-refractivity contribution in [2.24, 2.45) is 5.92 Å². The molecule has 0 amide bonds. The normalized spacial score (nSPS) is 29.4. The van der Waals surface area contributed by atoms with Crippen molar-refractivity contribution in [1.29, 1.82) is 0 Å². The molecule has 0 N–H and O–H groups in total. The third-order valence-corrected chi connectivity index (χ3v) is 6.34. The topological polar surface area (TPSA) is 61.8 Å². The Balaban J connectivity index is 1.91. The molecule has 3 aliphatic rings. The van der Waals surface area contributed by atoms with E-state index in [1.165, 1.54) is 22.8 Å². The number of esters is 1. The van der Waals surface area contributed by atoms with Crippen LogP contribution in [0.3, 0.4) is 0 Å². The highest BCUT2D eigenvalue weighted by atomic mass is 16.7. The van der Waals surface area contributed by atoms with E-state index in [2.05, 4.69) is 39.8 Å². The first kappa shape index (κ1) is 26.1. The van der Waals surface area contributed by atoms with Gasteiger partial charge in [0.2, 0.25) is 5.79 Å². The van der Waals surface area contributed by atoms with Gasteiger partial charge in [-0.05, 0) is 90.2 Å². The van der Waals surface area contributed by atoms with Gasteiger partial charge in [-0.15, -0.1) is 0 Å². The summed E-state index contributed by atoms with van der Waals surface area (Å²) in [5, 5.41) is 0. The number of Topliss-reactive ketones (excluding diaryl/α,β-unsaturated/α-hetero) is 1. The van der Waals surface area contributed by atoms with E-state index < -0.39 is 11.8 Å². The fourth-order valence-corrected chi connectivity index (χ4v) is 4.72. The van der Waals surface area contributed by atoms with Crippen LogP contribution < -0.4 is 0 Å². The summed E-state index contributed by atoms with van der Waals surface area (Å²) < 4.78 is 18.1. The molecule has 0 aromatic heterocycles. The molecule has 5 nitrogen and oxygen atoms in total. The predicted octanol–water partition coefficient (Wildman–Crippen LogP) is 6.09. The molecule has 5 heteroatoms. The van der Waals surface area contributed by atoms with Crippen LogP contribution in [0, 0.1) is 5.92 Å². The second kappa shape index (κ2) is 11.3. The summed E-state index contributed by atoms with van der Waals surface area (Å²) in [6, 6.07) is 0. The number of allylic oxidation sites excluding steroid dienone is 5. The zero-order valence-electron chi connectivity index (χ0n) is 21.4. The summed E-state index contributed by atoms with van der Waals surface area (Å²) in [5.41, 5.74) is 5.35. The van der Waals surface area contributed by atoms with Crippen LogP contribution >= 0.6 is 0 Å². The average Bonchev–Trinajstić information content (AvgIpc) is 2.72. The molecule has 2 heterocycles. The number of rotatable bonds is 7. The molecule has 1 spiro atoms.